The number of hydrogen-bond donors (Lipinski definition) is 3. The summed E-state index contributed by atoms with van der Waals surface area (Å²) in [6.07, 6.45) is 0. The van der Waals surface area contributed by atoms with Gasteiger partial charge in [-0.3, -0.25) is 4.90 Å². The minimum atomic E-state index is -0.540. The lowest BCUT2D eigenvalue weighted by atomic mass is 9.95. The molecule has 78 valence electrons. The third-order valence-corrected chi connectivity index (χ3v) is 2.96. The molecule has 0 aliphatic carbocycles. The van der Waals surface area contributed by atoms with Crippen LogP contribution < -0.4 is 11.1 Å². The Morgan fingerprint density at radius 3 is 2.38 bits per heavy atom. The largest absolute Gasteiger partial charge is 0.393 e. The Morgan fingerprint density at radius 1 is 1.46 bits per heavy atom. The average Bonchev–Trinajstić information content (AvgIpc) is 2.17. The third kappa shape index (κ3) is 2.20. The van der Waals surface area contributed by atoms with Crippen LogP contribution in [0.4, 0.5) is 0 Å². The average molecular weight is 187 g/mol. The van der Waals surface area contributed by atoms with Crippen LogP contribution in [0, 0.1) is 5.92 Å². The maximum Gasteiger partial charge on any atom is 0.0949 e. The van der Waals surface area contributed by atoms with Crippen molar-refractivity contribution >= 4 is 0 Å². The number of hydrogen-bond acceptors (Lipinski definition) is 4. The molecule has 0 amide bonds. The summed E-state index contributed by atoms with van der Waals surface area (Å²) >= 11 is 0. The van der Waals surface area contributed by atoms with Crippen LogP contribution in [-0.4, -0.2) is 48.5 Å². The van der Waals surface area contributed by atoms with E-state index in [4.69, 9.17) is 5.73 Å². The topological polar surface area (TPSA) is 61.5 Å². The highest BCUT2D eigenvalue weighted by atomic mass is 16.3. The van der Waals surface area contributed by atoms with Gasteiger partial charge < -0.3 is 16.2 Å². The molecule has 4 N–H and O–H groups in total. The van der Waals surface area contributed by atoms with Gasteiger partial charge in [-0.15, -0.1) is 0 Å². The van der Waals surface area contributed by atoms with Crippen molar-refractivity contribution < 1.29 is 5.11 Å². The highest BCUT2D eigenvalue weighted by Gasteiger charge is 2.35. The molecule has 0 aromatic heterocycles. The molecule has 1 atom stereocenters. The summed E-state index contributed by atoms with van der Waals surface area (Å²) in [6.45, 7) is 7.92. The number of nitrogens with zero attached hydrogens (tertiary/aromatic N) is 1. The van der Waals surface area contributed by atoms with Crippen molar-refractivity contribution in [2.45, 2.75) is 19.5 Å². The number of nitrogens with two attached hydrogens (primary N) is 1. The van der Waals surface area contributed by atoms with Gasteiger partial charge in [-0.2, -0.15) is 0 Å². The molecule has 0 aromatic rings. The van der Waals surface area contributed by atoms with E-state index in [0.29, 0.717) is 0 Å². The Hall–Kier alpha value is -0.160. The molecule has 1 fully saturated rings. The Labute approximate surface area is 80.1 Å². The first-order valence-electron chi connectivity index (χ1n) is 4.97. The van der Waals surface area contributed by atoms with Gasteiger partial charge >= 0.3 is 0 Å². The molecule has 0 radical (unpaired) electrons. The normalized spacial score (nSPS) is 24.7. The van der Waals surface area contributed by atoms with Crippen LogP contribution in [0.5, 0.6) is 0 Å². The van der Waals surface area contributed by atoms with E-state index < -0.39 is 5.66 Å². The van der Waals surface area contributed by atoms with Crippen molar-refractivity contribution in [3.05, 3.63) is 0 Å². The second-order valence-corrected chi connectivity index (χ2v) is 4.04. The van der Waals surface area contributed by atoms with E-state index in [1.54, 1.807) is 0 Å². The molecule has 13 heavy (non-hydrogen) atoms. The van der Waals surface area contributed by atoms with Gasteiger partial charge in [0.15, 0.2) is 0 Å². The molecule has 1 saturated heterocycles. The number of aliphatic hydroxyl groups excluding tert-OH is 1. The van der Waals surface area contributed by atoms with Crippen LogP contribution in [0.2, 0.25) is 0 Å². The zero-order valence-corrected chi connectivity index (χ0v) is 8.58. The molecule has 4 heteroatoms. The second kappa shape index (κ2) is 4.37. The van der Waals surface area contributed by atoms with Gasteiger partial charge in [0.25, 0.3) is 0 Å². The molecule has 0 spiro atoms. The molecule has 1 aliphatic heterocycles. The summed E-state index contributed by atoms with van der Waals surface area (Å²) in [7, 11) is 0. The highest BCUT2D eigenvalue weighted by Crippen LogP contribution is 2.18. The number of aliphatic hydroxyl groups is 1. The van der Waals surface area contributed by atoms with Crippen LogP contribution >= 0.6 is 0 Å². The maximum absolute atomic E-state index is 9.32. The smallest absolute Gasteiger partial charge is 0.0949 e. The Kier molecular flexibility index (Phi) is 3.67. The summed E-state index contributed by atoms with van der Waals surface area (Å²) in [4.78, 5) is 2.17. The van der Waals surface area contributed by atoms with Crippen LogP contribution in [0.3, 0.4) is 0 Å². The first-order valence-corrected chi connectivity index (χ1v) is 4.97. The summed E-state index contributed by atoms with van der Waals surface area (Å²) < 4.78 is 0. The lowest BCUT2D eigenvalue weighted by molar-refractivity contribution is -0.00874. The number of rotatable bonds is 3. The molecule has 1 aliphatic rings. The fourth-order valence-electron chi connectivity index (χ4n) is 1.73. The summed E-state index contributed by atoms with van der Waals surface area (Å²) in [6, 6.07) is 0. The minimum absolute atomic E-state index is 0.0324. The molecule has 4 nitrogen and oxygen atoms in total. The summed E-state index contributed by atoms with van der Waals surface area (Å²) in [5.41, 5.74) is 5.62. The first-order chi connectivity index (χ1) is 6.11. The van der Waals surface area contributed by atoms with Gasteiger partial charge in [-0.25, -0.2) is 0 Å². The van der Waals surface area contributed by atoms with Gasteiger partial charge in [-0.05, 0) is 5.92 Å². The van der Waals surface area contributed by atoms with Crippen LogP contribution in [0.15, 0.2) is 0 Å². The SMILES string of the molecule is CC(C)C(N)(CO)N1CCNCC1. The van der Waals surface area contributed by atoms with Gasteiger partial charge in [-0.1, -0.05) is 13.8 Å². The fourth-order valence-corrected chi connectivity index (χ4v) is 1.73. The van der Waals surface area contributed by atoms with Crippen molar-refractivity contribution in [3.63, 3.8) is 0 Å². The molecule has 0 bridgehead atoms. The fraction of sp³-hybridized carbons (Fsp3) is 1.00. The molecule has 1 rings (SSSR count). The zero-order valence-electron chi connectivity index (χ0n) is 8.58. The van der Waals surface area contributed by atoms with Crippen LogP contribution in [0.25, 0.3) is 0 Å². The van der Waals surface area contributed by atoms with Crippen molar-refractivity contribution in [2.75, 3.05) is 32.8 Å². The first kappa shape index (κ1) is 10.9. The van der Waals surface area contributed by atoms with Crippen molar-refractivity contribution in [1.29, 1.82) is 0 Å². The molecule has 0 saturated carbocycles. The highest BCUT2D eigenvalue weighted by molar-refractivity contribution is 4.89. The van der Waals surface area contributed by atoms with E-state index in [2.05, 4.69) is 24.1 Å². The van der Waals surface area contributed by atoms with Gasteiger partial charge in [0.1, 0.15) is 0 Å². The monoisotopic (exact) mass is 187 g/mol. The van der Waals surface area contributed by atoms with Gasteiger partial charge in [0.2, 0.25) is 0 Å². The lowest BCUT2D eigenvalue weighted by Gasteiger charge is -2.44. The molecular weight excluding hydrogens is 166 g/mol. The van der Waals surface area contributed by atoms with Gasteiger partial charge in [0.05, 0.1) is 12.3 Å². The quantitative estimate of drug-likeness (QED) is 0.541. The van der Waals surface area contributed by atoms with E-state index in [1.807, 2.05) is 0 Å². The second-order valence-electron chi connectivity index (χ2n) is 4.04. The predicted molar refractivity (Wildman–Crippen MR) is 53.3 cm³/mol. The zero-order chi connectivity index (χ0) is 9.90. The molecule has 0 aromatic carbocycles. The van der Waals surface area contributed by atoms with E-state index >= 15 is 0 Å². The van der Waals surface area contributed by atoms with Crippen molar-refractivity contribution in [2.24, 2.45) is 11.7 Å². The van der Waals surface area contributed by atoms with E-state index in [1.165, 1.54) is 0 Å². The van der Waals surface area contributed by atoms with Crippen molar-refractivity contribution in [3.8, 4) is 0 Å². The predicted octanol–water partition coefficient (Wildman–Crippen LogP) is -0.805. The van der Waals surface area contributed by atoms with Crippen molar-refractivity contribution in [1.82, 2.24) is 10.2 Å². The van der Waals surface area contributed by atoms with Crippen LogP contribution in [-0.2, 0) is 0 Å². The molecule has 1 unspecified atom stereocenters. The van der Waals surface area contributed by atoms with E-state index in [0.717, 1.165) is 26.2 Å². The molecule has 1 heterocycles. The molecular formula is C9H21N3O. The van der Waals surface area contributed by atoms with E-state index in [9.17, 15) is 5.11 Å². The van der Waals surface area contributed by atoms with E-state index in [-0.39, 0.29) is 12.5 Å². The summed E-state index contributed by atoms with van der Waals surface area (Å²) in [5, 5.41) is 12.6. The number of nitrogens with one attached hydrogen (secondary N) is 1. The standard InChI is InChI=1S/C9H21N3O/c1-8(2)9(10,7-13)12-5-3-11-4-6-12/h8,11,13H,3-7,10H2,1-2H3. The Balaban J connectivity index is 2.62. The maximum atomic E-state index is 9.32. The minimum Gasteiger partial charge on any atom is -0.393 e. The number of piperazine rings is 1. The Bertz CT molecular complexity index is 157. The van der Waals surface area contributed by atoms with Crippen LogP contribution in [0.1, 0.15) is 13.8 Å². The van der Waals surface area contributed by atoms with Gasteiger partial charge in [0, 0.05) is 26.2 Å². The summed E-state index contributed by atoms with van der Waals surface area (Å²) in [5.74, 6) is 0.274. The Morgan fingerprint density at radius 2 is 2.00 bits per heavy atom. The third-order valence-electron chi connectivity index (χ3n) is 2.96. The lowest BCUT2D eigenvalue weighted by Crippen LogP contribution is -2.66.